The van der Waals surface area contributed by atoms with Gasteiger partial charge in [-0.2, -0.15) is 5.26 Å². The molecule has 1 atom stereocenters. The fourth-order valence-corrected chi connectivity index (χ4v) is 4.93. The number of fused-ring (bicyclic) bond motifs is 1. The Labute approximate surface area is 230 Å². The number of nitrogens with zero attached hydrogens (tertiary/aromatic N) is 5. The third kappa shape index (κ3) is 5.28. The second-order valence-electron chi connectivity index (χ2n) is 10.7. The van der Waals surface area contributed by atoms with Crippen molar-refractivity contribution >= 4 is 52.7 Å². The van der Waals surface area contributed by atoms with Crippen LogP contribution in [0.1, 0.15) is 56.5 Å². The van der Waals surface area contributed by atoms with E-state index in [-0.39, 0.29) is 11.2 Å². The highest BCUT2D eigenvalue weighted by molar-refractivity contribution is 14.1. The summed E-state index contributed by atoms with van der Waals surface area (Å²) < 4.78 is 16.5. The number of nitrogens with one attached hydrogen (secondary N) is 2. The highest BCUT2D eigenvalue weighted by Gasteiger charge is 2.34. The van der Waals surface area contributed by atoms with Gasteiger partial charge in [0, 0.05) is 27.4 Å². The van der Waals surface area contributed by atoms with Crippen molar-refractivity contribution in [3.8, 4) is 6.07 Å². The topological polar surface area (TPSA) is 91.5 Å². The number of aromatic nitrogens is 4. The number of rotatable bonds is 7. The molecule has 1 fully saturated rings. The summed E-state index contributed by atoms with van der Waals surface area (Å²) in [4.78, 5) is 4.55. The zero-order chi connectivity index (χ0) is 26.4. The largest absolute Gasteiger partial charge is 0.383 e. The van der Waals surface area contributed by atoms with Crippen LogP contribution >= 0.6 is 22.6 Å². The Morgan fingerprint density at radius 3 is 2.59 bits per heavy atom. The molecule has 186 valence electrons. The Kier molecular flexibility index (Phi) is 6.60. The predicted molar refractivity (Wildman–Crippen MR) is 152 cm³/mol. The molecule has 2 radical (unpaired) electrons. The van der Waals surface area contributed by atoms with E-state index in [0.29, 0.717) is 35.1 Å². The molecule has 7 nitrogen and oxygen atoms in total. The maximum absolute atomic E-state index is 13.8. The molecule has 1 saturated carbocycles. The molecule has 0 aliphatic heterocycles. The lowest BCUT2D eigenvalue weighted by atomic mass is 9.69. The van der Waals surface area contributed by atoms with Crippen LogP contribution < -0.4 is 10.6 Å². The van der Waals surface area contributed by atoms with E-state index < -0.39 is 5.44 Å². The highest BCUT2D eigenvalue weighted by Crippen LogP contribution is 2.38. The number of anilines is 2. The summed E-state index contributed by atoms with van der Waals surface area (Å²) in [6.07, 6.45) is 5.58. The number of halogens is 2. The number of nitriles is 1. The molecule has 1 aliphatic carbocycles. The minimum atomic E-state index is -1.28. The van der Waals surface area contributed by atoms with Gasteiger partial charge >= 0.3 is 0 Å². The molecule has 0 saturated heterocycles. The zero-order valence-corrected chi connectivity index (χ0v) is 23.0. The summed E-state index contributed by atoms with van der Waals surface area (Å²) >= 11 is 2.24. The number of pyridine rings is 1. The summed E-state index contributed by atoms with van der Waals surface area (Å²) in [5, 5.41) is 26.2. The van der Waals surface area contributed by atoms with Crippen molar-refractivity contribution in [2.24, 2.45) is 5.41 Å². The lowest BCUT2D eigenvalue weighted by Crippen LogP contribution is -2.38. The average Bonchev–Trinajstić information content (AvgIpc) is 3.58. The molecule has 2 aromatic carbocycles. The molecule has 5 rings (SSSR count). The lowest BCUT2D eigenvalue weighted by molar-refractivity contribution is 0.443. The average molecular weight is 605 g/mol. The third-order valence-electron chi connectivity index (χ3n) is 6.32. The van der Waals surface area contributed by atoms with E-state index in [4.69, 9.17) is 7.85 Å². The Morgan fingerprint density at radius 2 is 1.95 bits per heavy atom. The molecule has 4 aromatic rings. The highest BCUT2D eigenvalue weighted by atomic mass is 127. The second-order valence-corrected chi connectivity index (χ2v) is 11.8. The van der Waals surface area contributed by atoms with Gasteiger partial charge in [0.25, 0.3) is 0 Å². The van der Waals surface area contributed by atoms with Crippen LogP contribution in [-0.2, 0) is 5.44 Å². The van der Waals surface area contributed by atoms with Crippen molar-refractivity contribution in [2.75, 3.05) is 17.2 Å². The Morgan fingerprint density at radius 1 is 1.22 bits per heavy atom. The van der Waals surface area contributed by atoms with Crippen molar-refractivity contribution in [1.82, 2.24) is 20.0 Å². The van der Waals surface area contributed by atoms with Gasteiger partial charge in [0.05, 0.1) is 34.4 Å². The minimum absolute atomic E-state index is 0.00765. The van der Waals surface area contributed by atoms with Gasteiger partial charge in [-0.15, -0.1) is 5.10 Å². The van der Waals surface area contributed by atoms with Crippen molar-refractivity contribution < 1.29 is 4.39 Å². The molecular weight excluding hydrogens is 579 g/mol. The lowest BCUT2D eigenvalue weighted by Gasteiger charge is -2.32. The molecule has 2 aromatic heterocycles. The monoisotopic (exact) mass is 605 g/mol. The van der Waals surface area contributed by atoms with Crippen molar-refractivity contribution in [3.05, 3.63) is 75.0 Å². The number of hydrogen-bond acceptors (Lipinski definition) is 6. The normalized spacial score (nSPS) is 15.2. The Balaban J connectivity index is 1.62. The van der Waals surface area contributed by atoms with E-state index in [1.54, 1.807) is 18.3 Å². The molecule has 37 heavy (non-hydrogen) atoms. The predicted octanol–water partition coefficient (Wildman–Crippen LogP) is 5.72. The van der Waals surface area contributed by atoms with E-state index in [1.807, 2.05) is 23.0 Å². The summed E-state index contributed by atoms with van der Waals surface area (Å²) in [5.74, 6) is -0.349. The van der Waals surface area contributed by atoms with Crippen LogP contribution in [0.4, 0.5) is 15.8 Å². The minimum Gasteiger partial charge on any atom is -0.383 e. The summed E-state index contributed by atoms with van der Waals surface area (Å²) in [5.41, 5.74) is 2.58. The van der Waals surface area contributed by atoms with E-state index in [1.165, 1.54) is 12.1 Å². The van der Waals surface area contributed by atoms with Crippen LogP contribution in [0.5, 0.6) is 0 Å². The molecule has 1 aliphatic rings. The molecule has 1 unspecified atom stereocenters. The summed E-state index contributed by atoms with van der Waals surface area (Å²) in [7, 11) is 7.03. The van der Waals surface area contributed by atoms with Crippen molar-refractivity contribution in [2.45, 2.75) is 45.1 Å². The first-order valence-electron chi connectivity index (χ1n) is 12.1. The first kappa shape index (κ1) is 25.5. The maximum Gasteiger partial charge on any atom is 0.123 e. The first-order valence-corrected chi connectivity index (χ1v) is 13.2. The molecular formula is C27H26BFIN7. The molecule has 0 amide bonds. The summed E-state index contributed by atoms with van der Waals surface area (Å²) in [6, 6.07) is 12.5. The van der Waals surface area contributed by atoms with Gasteiger partial charge in [0.1, 0.15) is 25.4 Å². The molecule has 0 bridgehead atoms. The van der Waals surface area contributed by atoms with Crippen molar-refractivity contribution in [3.63, 3.8) is 0 Å². The number of hydrogen-bond donors (Lipinski definition) is 2. The molecule has 0 spiro atoms. The van der Waals surface area contributed by atoms with Gasteiger partial charge in [-0.1, -0.05) is 38.1 Å². The molecule has 2 heterocycles. The van der Waals surface area contributed by atoms with E-state index in [9.17, 15) is 9.65 Å². The first-order chi connectivity index (χ1) is 17.6. The second kappa shape index (κ2) is 9.60. The van der Waals surface area contributed by atoms with Crippen LogP contribution in [0.3, 0.4) is 0 Å². The number of benzene rings is 2. The van der Waals surface area contributed by atoms with Crippen LogP contribution in [0, 0.1) is 26.1 Å². The maximum atomic E-state index is 13.8. The van der Waals surface area contributed by atoms with Crippen LogP contribution in [0.25, 0.3) is 10.9 Å². The van der Waals surface area contributed by atoms with Crippen LogP contribution in [0.15, 0.2) is 48.8 Å². The van der Waals surface area contributed by atoms with Gasteiger partial charge in [-0.05, 0) is 70.7 Å². The third-order valence-corrected chi connectivity index (χ3v) is 7.14. The molecule has 2 N–H and O–H groups in total. The Hall–Kier alpha value is -3.20. The van der Waals surface area contributed by atoms with Crippen LogP contribution in [-0.4, -0.2) is 34.4 Å². The van der Waals surface area contributed by atoms with Gasteiger partial charge in [0.15, 0.2) is 0 Å². The van der Waals surface area contributed by atoms with E-state index in [2.05, 4.69) is 75.4 Å². The fraction of sp³-hybridized carbons (Fsp3) is 0.333. The van der Waals surface area contributed by atoms with Gasteiger partial charge in [-0.3, -0.25) is 4.98 Å². The smallest absolute Gasteiger partial charge is 0.123 e. The van der Waals surface area contributed by atoms with Gasteiger partial charge in [-0.25, -0.2) is 9.07 Å². The van der Waals surface area contributed by atoms with Gasteiger partial charge < -0.3 is 10.6 Å². The zero-order valence-electron chi connectivity index (χ0n) is 20.9. The fourth-order valence-electron chi connectivity index (χ4n) is 4.16. The standard InChI is InChI=1S/C27H26BFIN7/c1-26(2,3)15-33-24-16(12-31)13-32-25-21(24)10-19(11-22(25)30)34-27(28,17-4-6-18(29)7-5-17)23-14-37(36-35-23)20-8-9-20/h4-7,10-11,13-14,20,34H,8-9,15H2,1-3H3,(H,32,33). The molecule has 10 heteroatoms. The summed E-state index contributed by atoms with van der Waals surface area (Å²) in [6.45, 7) is 7.07. The SMILES string of the molecule is [B]C(Nc1cc(I)c2ncc(C#N)c(NCC(C)(C)C)c2c1)(c1ccc(F)cc1)c1cn(C2CC2)nn1. The quantitative estimate of drug-likeness (QED) is 0.207. The van der Waals surface area contributed by atoms with Crippen LogP contribution in [0.2, 0.25) is 0 Å². The Bertz CT molecular complexity index is 1500. The van der Waals surface area contributed by atoms with Crippen molar-refractivity contribution in [1.29, 1.82) is 5.26 Å². The van der Waals surface area contributed by atoms with E-state index in [0.717, 1.165) is 33.0 Å². The van der Waals surface area contributed by atoms with Gasteiger partial charge in [0.2, 0.25) is 0 Å². The van der Waals surface area contributed by atoms with E-state index >= 15 is 0 Å².